The zero-order valence-electron chi connectivity index (χ0n) is 16.9. The fraction of sp³-hybridized carbons (Fsp3) is 0.318. The lowest BCUT2D eigenvalue weighted by Gasteiger charge is -2.14. The van der Waals surface area contributed by atoms with Crippen LogP contribution in [0.3, 0.4) is 0 Å². The van der Waals surface area contributed by atoms with E-state index in [-0.39, 0.29) is 12.5 Å². The Morgan fingerprint density at radius 3 is 2.21 bits per heavy atom. The molecule has 7 heteroatoms. The fourth-order valence-electron chi connectivity index (χ4n) is 2.73. The molecule has 0 saturated carbocycles. The van der Waals surface area contributed by atoms with Gasteiger partial charge >= 0.3 is 5.97 Å². The van der Waals surface area contributed by atoms with Crippen LogP contribution in [0, 0.1) is 13.8 Å². The van der Waals surface area contributed by atoms with Gasteiger partial charge in [0.15, 0.2) is 0 Å². The second-order valence-electron chi connectivity index (χ2n) is 6.93. The summed E-state index contributed by atoms with van der Waals surface area (Å²) in [6.45, 7) is 6.01. The molecule has 0 aliphatic heterocycles. The number of aliphatic carboxylic acids is 1. The van der Waals surface area contributed by atoms with Crippen molar-refractivity contribution < 1.29 is 19.5 Å². The lowest BCUT2D eigenvalue weighted by Crippen LogP contribution is -2.40. The number of rotatable bonds is 9. The Bertz CT molecular complexity index is 878. The van der Waals surface area contributed by atoms with Gasteiger partial charge in [0.25, 0.3) is 5.91 Å². The molecule has 4 N–H and O–H groups in total. The molecule has 0 radical (unpaired) electrons. The van der Waals surface area contributed by atoms with Gasteiger partial charge in [-0.05, 0) is 67.8 Å². The quantitative estimate of drug-likeness (QED) is 0.519. The standard InChI is InChI=1S/C22H27N3O4/c1-4-5-19(22(28)29)25-21(27)16-7-10-17(11-8-16)24-20(26)13-23-18-9-6-14(2)15(3)12-18/h6-12,19,23H,4-5,13H2,1-3H3,(H,24,26)(H,25,27)(H,28,29). The Morgan fingerprint density at radius 2 is 1.62 bits per heavy atom. The van der Waals surface area contributed by atoms with Gasteiger partial charge in [0.05, 0.1) is 6.54 Å². The minimum Gasteiger partial charge on any atom is -0.480 e. The molecule has 29 heavy (non-hydrogen) atoms. The van der Waals surface area contributed by atoms with Crippen LogP contribution < -0.4 is 16.0 Å². The molecule has 2 rings (SSSR count). The van der Waals surface area contributed by atoms with Crippen LogP contribution >= 0.6 is 0 Å². The van der Waals surface area contributed by atoms with E-state index in [1.807, 2.05) is 39.0 Å². The molecule has 2 aromatic rings. The van der Waals surface area contributed by atoms with Gasteiger partial charge in [0.2, 0.25) is 5.91 Å². The van der Waals surface area contributed by atoms with Crippen molar-refractivity contribution in [1.29, 1.82) is 0 Å². The van der Waals surface area contributed by atoms with Gasteiger partial charge in [-0.3, -0.25) is 9.59 Å². The Kier molecular flexibility index (Phi) is 7.77. The summed E-state index contributed by atoms with van der Waals surface area (Å²) in [5, 5.41) is 17.5. The lowest BCUT2D eigenvalue weighted by molar-refractivity contribution is -0.139. The maximum absolute atomic E-state index is 12.2. The smallest absolute Gasteiger partial charge is 0.326 e. The van der Waals surface area contributed by atoms with Gasteiger partial charge in [-0.2, -0.15) is 0 Å². The first kappa shape index (κ1) is 21.9. The number of nitrogens with one attached hydrogen (secondary N) is 3. The Morgan fingerprint density at radius 1 is 0.966 bits per heavy atom. The van der Waals surface area contributed by atoms with E-state index >= 15 is 0 Å². The number of amides is 2. The molecule has 7 nitrogen and oxygen atoms in total. The van der Waals surface area contributed by atoms with Gasteiger partial charge in [-0.15, -0.1) is 0 Å². The molecule has 1 atom stereocenters. The first-order valence-electron chi connectivity index (χ1n) is 9.55. The average Bonchev–Trinajstić information content (AvgIpc) is 2.69. The van der Waals surface area contributed by atoms with E-state index in [4.69, 9.17) is 5.11 Å². The minimum absolute atomic E-state index is 0.113. The molecule has 154 valence electrons. The van der Waals surface area contributed by atoms with E-state index in [2.05, 4.69) is 16.0 Å². The largest absolute Gasteiger partial charge is 0.480 e. The molecule has 0 aliphatic carbocycles. The topological polar surface area (TPSA) is 108 Å². The molecule has 1 unspecified atom stereocenters. The van der Waals surface area contributed by atoms with Crippen LogP contribution in [0.15, 0.2) is 42.5 Å². The van der Waals surface area contributed by atoms with Crippen molar-refractivity contribution in [3.63, 3.8) is 0 Å². The summed E-state index contributed by atoms with van der Waals surface area (Å²) in [5.41, 5.74) is 4.09. The third kappa shape index (κ3) is 6.64. The number of carbonyl (C=O) groups excluding carboxylic acids is 2. The van der Waals surface area contributed by atoms with Crippen molar-refractivity contribution in [1.82, 2.24) is 5.32 Å². The molecule has 2 amide bonds. The summed E-state index contributed by atoms with van der Waals surface area (Å²) >= 11 is 0. The Balaban J connectivity index is 1.89. The molecule has 0 saturated heterocycles. The monoisotopic (exact) mass is 397 g/mol. The highest BCUT2D eigenvalue weighted by molar-refractivity contribution is 5.98. The molecule has 2 aromatic carbocycles. The van der Waals surface area contributed by atoms with Crippen LogP contribution in [-0.2, 0) is 9.59 Å². The molecule has 0 aromatic heterocycles. The summed E-state index contributed by atoms with van der Waals surface area (Å²) in [6.07, 6.45) is 1.02. The number of benzene rings is 2. The second kappa shape index (κ2) is 10.3. The van der Waals surface area contributed by atoms with Crippen molar-refractivity contribution in [3.8, 4) is 0 Å². The van der Waals surface area contributed by atoms with Crippen LogP contribution in [-0.4, -0.2) is 35.5 Å². The van der Waals surface area contributed by atoms with Gasteiger partial charge in [-0.1, -0.05) is 19.4 Å². The van der Waals surface area contributed by atoms with Gasteiger partial charge < -0.3 is 21.1 Å². The number of carboxylic acids is 1. The molecular weight excluding hydrogens is 370 g/mol. The Hall–Kier alpha value is -3.35. The fourth-order valence-corrected chi connectivity index (χ4v) is 2.73. The number of carbonyl (C=O) groups is 3. The SMILES string of the molecule is CCCC(NC(=O)c1ccc(NC(=O)CNc2ccc(C)c(C)c2)cc1)C(=O)O. The van der Waals surface area contributed by atoms with E-state index in [0.29, 0.717) is 24.1 Å². The van der Waals surface area contributed by atoms with E-state index in [0.717, 1.165) is 11.3 Å². The number of hydrogen-bond donors (Lipinski definition) is 4. The minimum atomic E-state index is -1.06. The van der Waals surface area contributed by atoms with Crippen molar-refractivity contribution in [2.24, 2.45) is 0 Å². The predicted molar refractivity (Wildman–Crippen MR) is 113 cm³/mol. The maximum Gasteiger partial charge on any atom is 0.326 e. The van der Waals surface area contributed by atoms with Crippen LogP contribution in [0.1, 0.15) is 41.3 Å². The summed E-state index contributed by atoms with van der Waals surface area (Å²) in [6, 6.07) is 11.3. The summed E-state index contributed by atoms with van der Waals surface area (Å²) in [4.78, 5) is 35.5. The van der Waals surface area contributed by atoms with Crippen LogP contribution in [0.4, 0.5) is 11.4 Å². The third-order valence-corrected chi connectivity index (χ3v) is 4.57. The highest BCUT2D eigenvalue weighted by Crippen LogP contribution is 2.14. The molecule has 0 fully saturated rings. The number of carboxylic acid groups (broad SMARTS) is 1. The first-order chi connectivity index (χ1) is 13.8. The van der Waals surface area contributed by atoms with Crippen molar-refractivity contribution in [3.05, 3.63) is 59.2 Å². The van der Waals surface area contributed by atoms with Gasteiger partial charge in [0.1, 0.15) is 6.04 Å². The lowest BCUT2D eigenvalue weighted by atomic mass is 10.1. The first-order valence-corrected chi connectivity index (χ1v) is 9.55. The number of anilines is 2. The number of aryl methyl sites for hydroxylation is 2. The second-order valence-corrected chi connectivity index (χ2v) is 6.93. The van der Waals surface area contributed by atoms with Crippen molar-refractivity contribution in [2.45, 2.75) is 39.7 Å². The predicted octanol–water partition coefficient (Wildman–Crippen LogP) is 3.34. The van der Waals surface area contributed by atoms with Crippen LogP contribution in [0.25, 0.3) is 0 Å². The molecule has 0 bridgehead atoms. The molecule has 0 heterocycles. The van der Waals surface area contributed by atoms with E-state index in [1.54, 1.807) is 24.3 Å². The highest BCUT2D eigenvalue weighted by Gasteiger charge is 2.19. The van der Waals surface area contributed by atoms with Crippen LogP contribution in [0.5, 0.6) is 0 Å². The van der Waals surface area contributed by atoms with Crippen LogP contribution in [0.2, 0.25) is 0 Å². The van der Waals surface area contributed by atoms with E-state index in [9.17, 15) is 14.4 Å². The molecular formula is C22H27N3O4. The molecule has 0 spiro atoms. The summed E-state index contributed by atoms with van der Waals surface area (Å²) in [7, 11) is 0. The van der Waals surface area contributed by atoms with E-state index < -0.39 is 17.9 Å². The highest BCUT2D eigenvalue weighted by atomic mass is 16.4. The van der Waals surface area contributed by atoms with Crippen molar-refractivity contribution in [2.75, 3.05) is 17.2 Å². The molecule has 0 aliphatic rings. The number of hydrogen-bond acceptors (Lipinski definition) is 4. The van der Waals surface area contributed by atoms with Gasteiger partial charge in [-0.25, -0.2) is 4.79 Å². The zero-order valence-corrected chi connectivity index (χ0v) is 16.9. The van der Waals surface area contributed by atoms with E-state index in [1.165, 1.54) is 5.56 Å². The maximum atomic E-state index is 12.2. The zero-order chi connectivity index (χ0) is 21.4. The Labute approximate surface area is 170 Å². The summed E-state index contributed by atoms with van der Waals surface area (Å²) < 4.78 is 0. The average molecular weight is 397 g/mol. The van der Waals surface area contributed by atoms with Gasteiger partial charge in [0, 0.05) is 16.9 Å². The third-order valence-electron chi connectivity index (χ3n) is 4.57. The normalized spacial score (nSPS) is 11.4. The van der Waals surface area contributed by atoms with Crippen molar-refractivity contribution >= 4 is 29.2 Å². The summed E-state index contributed by atoms with van der Waals surface area (Å²) in [5.74, 6) is -1.73.